The summed E-state index contributed by atoms with van der Waals surface area (Å²) in [5.74, 6) is 0.953. The number of hydrogen-bond donors (Lipinski definition) is 0. The molecule has 0 aliphatic rings. The molecule has 0 radical (unpaired) electrons. The summed E-state index contributed by atoms with van der Waals surface area (Å²) >= 11 is 16.9. The maximum Gasteiger partial charge on any atom is 0.508 e. The highest BCUT2D eigenvalue weighted by molar-refractivity contribution is 6.67. The highest BCUT2D eigenvalue weighted by Gasteiger charge is 2.31. The van der Waals surface area contributed by atoms with Gasteiger partial charge in [-0.15, -0.1) is 6.58 Å². The van der Waals surface area contributed by atoms with Gasteiger partial charge in [0, 0.05) is 5.92 Å². The van der Waals surface area contributed by atoms with Crippen molar-refractivity contribution in [3.8, 4) is 5.75 Å². The molecular weight excluding hydrogens is 487 g/mol. The molecule has 5 nitrogen and oxygen atoms in total. The zero-order chi connectivity index (χ0) is 25.2. The number of carbonyl (C=O) groups is 1. The number of ether oxygens (including phenoxy) is 4. The molecule has 0 unspecified atom stereocenters. The standard InChI is InChI=1S/C25H37Cl3O5/c1-8-18(3)21(33-23(29)32-16-25(26,27)28)13-17(2)14-22(24(4,5)6)31-15-19-9-11-20(30-7)12-10-19/h8-12,17-18,21-22H,1,13-16H2,2-7H3/t17-,18+,21-,22-/m0/s1. The van der Waals surface area contributed by atoms with Crippen LogP contribution in [0.2, 0.25) is 0 Å². The molecule has 0 fully saturated rings. The first kappa shape index (κ1) is 29.9. The summed E-state index contributed by atoms with van der Waals surface area (Å²) in [4.78, 5) is 12.1. The molecule has 4 atom stereocenters. The molecular formula is C25H37Cl3O5. The van der Waals surface area contributed by atoms with Crippen molar-refractivity contribution in [2.24, 2.45) is 17.3 Å². The smallest absolute Gasteiger partial charge is 0.497 e. The maximum absolute atomic E-state index is 12.1. The second-order valence-electron chi connectivity index (χ2n) is 9.50. The molecule has 188 valence electrons. The Balaban J connectivity index is 2.74. The highest BCUT2D eigenvalue weighted by Crippen LogP contribution is 2.32. The van der Waals surface area contributed by atoms with E-state index in [9.17, 15) is 4.79 Å². The first-order valence-electron chi connectivity index (χ1n) is 11.0. The van der Waals surface area contributed by atoms with Crippen LogP contribution in [0.3, 0.4) is 0 Å². The van der Waals surface area contributed by atoms with Crippen LogP contribution in [0.5, 0.6) is 5.75 Å². The number of hydrogen-bond acceptors (Lipinski definition) is 5. The first-order valence-corrected chi connectivity index (χ1v) is 12.2. The van der Waals surface area contributed by atoms with E-state index in [1.807, 2.05) is 31.2 Å². The Morgan fingerprint density at radius 2 is 1.70 bits per heavy atom. The predicted molar refractivity (Wildman–Crippen MR) is 135 cm³/mol. The maximum atomic E-state index is 12.1. The number of carbonyl (C=O) groups excluding carboxylic acids is 1. The lowest BCUT2D eigenvalue weighted by molar-refractivity contribution is -0.0475. The van der Waals surface area contributed by atoms with Crippen LogP contribution >= 0.6 is 34.8 Å². The topological polar surface area (TPSA) is 54.0 Å². The Morgan fingerprint density at radius 1 is 1.09 bits per heavy atom. The van der Waals surface area contributed by atoms with Crippen molar-refractivity contribution >= 4 is 41.0 Å². The molecule has 0 bridgehead atoms. The van der Waals surface area contributed by atoms with Gasteiger partial charge in [0.1, 0.15) is 18.5 Å². The lowest BCUT2D eigenvalue weighted by Crippen LogP contribution is -2.33. The predicted octanol–water partition coefficient (Wildman–Crippen LogP) is 7.76. The van der Waals surface area contributed by atoms with Gasteiger partial charge in [-0.1, -0.05) is 87.6 Å². The van der Waals surface area contributed by atoms with Crippen LogP contribution in [-0.2, 0) is 20.8 Å². The molecule has 0 saturated carbocycles. The second-order valence-corrected chi connectivity index (χ2v) is 12.0. The largest absolute Gasteiger partial charge is 0.508 e. The third kappa shape index (κ3) is 12.2. The molecule has 33 heavy (non-hydrogen) atoms. The van der Waals surface area contributed by atoms with Gasteiger partial charge in [-0.25, -0.2) is 4.79 Å². The van der Waals surface area contributed by atoms with E-state index in [0.29, 0.717) is 13.0 Å². The molecule has 1 rings (SSSR count). The quantitative estimate of drug-likeness (QED) is 0.159. The SMILES string of the molecule is C=C[C@@H](C)[C@H](C[C@H](C)C[C@H](OCc1ccc(OC)cc1)C(C)(C)C)OC(=O)OCC(Cl)(Cl)Cl. The third-order valence-electron chi connectivity index (χ3n) is 5.39. The van der Waals surface area contributed by atoms with E-state index in [1.165, 1.54) is 0 Å². The fraction of sp³-hybridized carbons (Fsp3) is 0.640. The first-order chi connectivity index (χ1) is 15.2. The van der Waals surface area contributed by atoms with E-state index in [2.05, 4.69) is 34.3 Å². The van der Waals surface area contributed by atoms with Gasteiger partial charge in [0.15, 0.2) is 0 Å². The van der Waals surface area contributed by atoms with E-state index in [0.717, 1.165) is 17.7 Å². The summed E-state index contributed by atoms with van der Waals surface area (Å²) in [5.41, 5.74) is 1.01. The van der Waals surface area contributed by atoms with Gasteiger partial charge in [0.05, 0.1) is 19.8 Å². The summed E-state index contributed by atoms with van der Waals surface area (Å²) in [7, 11) is 1.65. The Labute approximate surface area is 213 Å². The van der Waals surface area contributed by atoms with Gasteiger partial charge >= 0.3 is 6.16 Å². The molecule has 0 aromatic heterocycles. The van der Waals surface area contributed by atoms with Crippen LogP contribution in [0, 0.1) is 17.3 Å². The summed E-state index contributed by atoms with van der Waals surface area (Å²) in [6.07, 6.45) is 1.89. The van der Waals surface area contributed by atoms with Crippen LogP contribution in [-0.4, -0.2) is 35.9 Å². The molecule has 0 amide bonds. The Hall–Kier alpha value is -1.14. The Kier molecular flexibility index (Phi) is 12.4. The summed E-state index contributed by atoms with van der Waals surface area (Å²) in [6, 6.07) is 7.85. The summed E-state index contributed by atoms with van der Waals surface area (Å²) < 4.78 is 20.3. The van der Waals surface area contributed by atoms with Gasteiger partial charge in [-0.05, 0) is 41.9 Å². The number of methoxy groups -OCH3 is 1. The van der Waals surface area contributed by atoms with Gasteiger partial charge in [0.25, 0.3) is 0 Å². The normalized spacial score (nSPS) is 15.8. The number of rotatable bonds is 12. The fourth-order valence-corrected chi connectivity index (χ4v) is 3.43. The third-order valence-corrected chi connectivity index (χ3v) is 5.71. The van der Waals surface area contributed by atoms with Crippen LogP contribution in [0.4, 0.5) is 4.79 Å². The monoisotopic (exact) mass is 522 g/mol. The Morgan fingerprint density at radius 3 is 2.18 bits per heavy atom. The summed E-state index contributed by atoms with van der Waals surface area (Å²) in [6.45, 7) is 14.5. The van der Waals surface area contributed by atoms with Gasteiger partial charge < -0.3 is 18.9 Å². The number of halogens is 3. The highest BCUT2D eigenvalue weighted by atomic mass is 35.6. The lowest BCUT2D eigenvalue weighted by Gasteiger charge is -2.34. The van der Waals surface area contributed by atoms with Crippen molar-refractivity contribution in [1.29, 1.82) is 0 Å². The minimum atomic E-state index is -1.69. The minimum Gasteiger partial charge on any atom is -0.497 e. The molecule has 0 spiro atoms. The van der Waals surface area contributed by atoms with E-state index < -0.39 is 16.1 Å². The van der Waals surface area contributed by atoms with Crippen molar-refractivity contribution < 1.29 is 23.7 Å². The second kappa shape index (κ2) is 13.7. The van der Waals surface area contributed by atoms with Crippen LogP contribution in [0.25, 0.3) is 0 Å². The van der Waals surface area contributed by atoms with E-state index in [-0.39, 0.29) is 30.0 Å². The molecule has 1 aromatic rings. The fourth-order valence-electron chi connectivity index (χ4n) is 3.27. The van der Waals surface area contributed by atoms with Crippen molar-refractivity contribution in [2.45, 2.75) is 70.1 Å². The molecule has 1 aromatic carbocycles. The molecule has 0 aliphatic carbocycles. The van der Waals surface area contributed by atoms with Crippen LogP contribution < -0.4 is 4.74 Å². The zero-order valence-electron chi connectivity index (χ0n) is 20.4. The average molecular weight is 524 g/mol. The van der Waals surface area contributed by atoms with E-state index in [1.54, 1.807) is 13.2 Å². The molecule has 8 heteroatoms. The number of alkyl halides is 3. The molecule has 0 N–H and O–H groups in total. The van der Waals surface area contributed by atoms with E-state index in [4.69, 9.17) is 53.8 Å². The van der Waals surface area contributed by atoms with Crippen molar-refractivity contribution in [1.82, 2.24) is 0 Å². The van der Waals surface area contributed by atoms with Crippen LogP contribution in [0.15, 0.2) is 36.9 Å². The van der Waals surface area contributed by atoms with Crippen molar-refractivity contribution in [3.05, 3.63) is 42.5 Å². The average Bonchev–Trinajstić information content (AvgIpc) is 2.73. The van der Waals surface area contributed by atoms with Crippen molar-refractivity contribution in [2.75, 3.05) is 13.7 Å². The van der Waals surface area contributed by atoms with Gasteiger partial charge in [-0.3, -0.25) is 0 Å². The van der Waals surface area contributed by atoms with Gasteiger partial charge in [0.2, 0.25) is 3.79 Å². The Bertz CT molecular complexity index is 725. The molecule has 0 aliphatic heterocycles. The zero-order valence-corrected chi connectivity index (χ0v) is 22.7. The summed E-state index contributed by atoms with van der Waals surface area (Å²) in [5, 5.41) is 0. The van der Waals surface area contributed by atoms with E-state index >= 15 is 0 Å². The minimum absolute atomic E-state index is 0.00519. The lowest BCUT2D eigenvalue weighted by atomic mass is 9.81. The molecule has 0 heterocycles. The van der Waals surface area contributed by atoms with Gasteiger partial charge in [-0.2, -0.15) is 0 Å². The van der Waals surface area contributed by atoms with Crippen molar-refractivity contribution in [3.63, 3.8) is 0 Å². The van der Waals surface area contributed by atoms with Crippen LogP contribution in [0.1, 0.15) is 53.0 Å². The molecule has 0 saturated heterocycles. The number of benzene rings is 1.